The van der Waals surface area contributed by atoms with Gasteiger partial charge in [0.05, 0.1) is 26.4 Å². The third kappa shape index (κ3) is 22.4. The number of hydrogen-bond acceptors (Lipinski definition) is 14. The van der Waals surface area contributed by atoms with Gasteiger partial charge >= 0.3 is 5.97 Å². The second-order valence-electron chi connectivity index (χ2n) is 15.1. The second kappa shape index (κ2) is 33.3. The van der Waals surface area contributed by atoms with E-state index < -0.39 is 86.7 Å². The highest BCUT2D eigenvalue weighted by Gasteiger charge is 2.47. The fourth-order valence-electron chi connectivity index (χ4n) is 6.43. The molecule has 0 aromatic carbocycles. The molecule has 0 radical (unpaired) electrons. The van der Waals surface area contributed by atoms with Crippen molar-refractivity contribution in [2.45, 2.75) is 184 Å². The van der Waals surface area contributed by atoms with E-state index in [4.69, 9.17) is 28.4 Å². The van der Waals surface area contributed by atoms with Gasteiger partial charge in [0.2, 0.25) is 0 Å². The second-order valence-corrected chi connectivity index (χ2v) is 15.1. The van der Waals surface area contributed by atoms with Gasteiger partial charge in [-0.15, -0.1) is 0 Å². The monoisotopic (exact) mass is 841 g/mol. The maximum absolute atomic E-state index is 12.9. The zero-order chi connectivity index (χ0) is 43.1. The standard InChI is InChI=1S/C45H76O14/c1-3-5-7-9-11-12-13-14-15-16-17-18-19-20-21-22-23-24-26-28-37(47)57-34(31-54-29-27-25-10-8-6-4-2)32-55-44-43(53)41(51)39(49)36(59-44)33-56-45-42(52)40(50)38(48)35(30-46)58-45/h5,7,11-12,14-15,17-18,20-21,34-36,38-46,48-53H,3-4,6,8-10,13,16,19,22-33H2,1-2H3/b7-5-,12-11-,15-14-,18-17-,21-20-. The first kappa shape index (κ1) is 52.8. The molecule has 340 valence electrons. The highest BCUT2D eigenvalue weighted by molar-refractivity contribution is 5.69. The van der Waals surface area contributed by atoms with Crippen molar-refractivity contribution in [1.29, 1.82) is 0 Å². The van der Waals surface area contributed by atoms with Gasteiger partial charge in [-0.1, -0.05) is 113 Å². The van der Waals surface area contributed by atoms with Gasteiger partial charge in [-0.25, -0.2) is 0 Å². The minimum absolute atomic E-state index is 0.0441. The van der Waals surface area contributed by atoms with E-state index in [1.807, 2.05) is 0 Å². The Morgan fingerprint density at radius 3 is 1.71 bits per heavy atom. The molecular formula is C45H76O14. The van der Waals surface area contributed by atoms with Crippen LogP contribution in [0.25, 0.3) is 0 Å². The third-order valence-corrected chi connectivity index (χ3v) is 10.0. The number of aliphatic hydroxyl groups is 7. The molecule has 0 aromatic heterocycles. The van der Waals surface area contributed by atoms with Crippen molar-refractivity contribution in [2.75, 3.05) is 33.0 Å². The van der Waals surface area contributed by atoms with E-state index in [9.17, 15) is 40.5 Å². The summed E-state index contributed by atoms with van der Waals surface area (Å²) in [7, 11) is 0. The van der Waals surface area contributed by atoms with E-state index in [0.29, 0.717) is 13.0 Å². The number of carbonyl (C=O) groups is 1. The predicted molar refractivity (Wildman–Crippen MR) is 224 cm³/mol. The predicted octanol–water partition coefficient (Wildman–Crippen LogP) is 4.62. The normalized spacial score (nSPS) is 28.6. The number of aliphatic hydroxyl groups excluding tert-OH is 7. The summed E-state index contributed by atoms with van der Waals surface area (Å²) in [6.45, 7) is 3.43. The molecule has 0 saturated carbocycles. The molecule has 0 bridgehead atoms. The number of carbonyl (C=O) groups excluding carboxylic acids is 1. The summed E-state index contributed by atoms with van der Waals surface area (Å²) in [6.07, 6.45) is 20.4. The Bertz CT molecular complexity index is 1210. The topological polar surface area (TPSA) is 214 Å². The summed E-state index contributed by atoms with van der Waals surface area (Å²) in [4.78, 5) is 12.9. The highest BCUT2D eigenvalue weighted by Crippen LogP contribution is 2.26. The smallest absolute Gasteiger partial charge is 0.306 e. The van der Waals surface area contributed by atoms with Gasteiger partial charge in [0.1, 0.15) is 54.9 Å². The number of ether oxygens (including phenoxy) is 6. The molecule has 7 N–H and O–H groups in total. The molecule has 2 fully saturated rings. The molecule has 0 aromatic rings. The molecule has 2 aliphatic rings. The van der Waals surface area contributed by atoms with E-state index in [0.717, 1.165) is 77.0 Å². The maximum atomic E-state index is 12.9. The first-order valence-corrected chi connectivity index (χ1v) is 21.9. The first-order valence-electron chi connectivity index (χ1n) is 21.9. The van der Waals surface area contributed by atoms with Crippen LogP contribution in [0.15, 0.2) is 60.8 Å². The lowest BCUT2D eigenvalue weighted by Crippen LogP contribution is -2.61. The highest BCUT2D eigenvalue weighted by atomic mass is 16.7. The Balaban J connectivity index is 1.79. The summed E-state index contributed by atoms with van der Waals surface area (Å²) in [6, 6.07) is 0. The van der Waals surface area contributed by atoms with Gasteiger partial charge in [0.25, 0.3) is 0 Å². The molecule has 11 atom stereocenters. The van der Waals surface area contributed by atoms with Crippen molar-refractivity contribution in [3.05, 3.63) is 60.8 Å². The van der Waals surface area contributed by atoms with Crippen LogP contribution < -0.4 is 0 Å². The van der Waals surface area contributed by atoms with Gasteiger partial charge in [0.15, 0.2) is 12.6 Å². The Labute approximate surface area is 352 Å². The molecule has 14 heteroatoms. The molecule has 59 heavy (non-hydrogen) atoms. The number of esters is 1. The van der Waals surface area contributed by atoms with Crippen molar-refractivity contribution < 1.29 is 69.0 Å². The molecule has 2 aliphatic heterocycles. The van der Waals surface area contributed by atoms with Crippen LogP contribution in [0.2, 0.25) is 0 Å². The molecule has 2 rings (SSSR count). The number of allylic oxidation sites excluding steroid dienone is 10. The van der Waals surface area contributed by atoms with E-state index in [2.05, 4.69) is 74.6 Å². The molecule has 14 nitrogen and oxygen atoms in total. The molecule has 11 unspecified atom stereocenters. The van der Waals surface area contributed by atoms with Crippen LogP contribution >= 0.6 is 0 Å². The number of hydrogen-bond donors (Lipinski definition) is 7. The van der Waals surface area contributed by atoms with E-state index in [1.54, 1.807) is 0 Å². The molecule has 0 spiro atoms. The average molecular weight is 841 g/mol. The summed E-state index contributed by atoms with van der Waals surface area (Å²) in [5, 5.41) is 71.7. The van der Waals surface area contributed by atoms with Crippen LogP contribution in [0.1, 0.15) is 117 Å². The Hall–Kier alpha value is -2.31. The van der Waals surface area contributed by atoms with Gasteiger partial charge in [-0.3, -0.25) is 4.79 Å². The lowest BCUT2D eigenvalue weighted by Gasteiger charge is -2.42. The lowest BCUT2D eigenvalue weighted by molar-refractivity contribution is -0.332. The molecule has 2 heterocycles. The zero-order valence-electron chi connectivity index (χ0n) is 35.5. The summed E-state index contributed by atoms with van der Waals surface area (Å²) >= 11 is 0. The van der Waals surface area contributed by atoms with Gasteiger partial charge < -0.3 is 64.2 Å². The van der Waals surface area contributed by atoms with Crippen LogP contribution in [0.3, 0.4) is 0 Å². The largest absolute Gasteiger partial charge is 0.457 e. The van der Waals surface area contributed by atoms with Crippen molar-refractivity contribution in [2.24, 2.45) is 0 Å². The van der Waals surface area contributed by atoms with Gasteiger partial charge in [-0.2, -0.15) is 0 Å². The van der Waals surface area contributed by atoms with Crippen LogP contribution in [-0.2, 0) is 33.2 Å². The number of unbranched alkanes of at least 4 members (excludes halogenated alkanes) is 8. The fraction of sp³-hybridized carbons (Fsp3) is 0.756. The molecule has 0 aliphatic carbocycles. The zero-order valence-corrected chi connectivity index (χ0v) is 35.5. The van der Waals surface area contributed by atoms with E-state index >= 15 is 0 Å². The van der Waals surface area contributed by atoms with E-state index in [-0.39, 0.29) is 19.6 Å². The van der Waals surface area contributed by atoms with Crippen molar-refractivity contribution >= 4 is 5.97 Å². The maximum Gasteiger partial charge on any atom is 0.306 e. The lowest BCUT2D eigenvalue weighted by atomic mass is 9.98. The van der Waals surface area contributed by atoms with Crippen LogP contribution in [0.4, 0.5) is 0 Å². The Morgan fingerprint density at radius 1 is 0.576 bits per heavy atom. The van der Waals surface area contributed by atoms with E-state index in [1.165, 1.54) is 12.8 Å². The van der Waals surface area contributed by atoms with Gasteiger partial charge in [0, 0.05) is 13.0 Å². The Morgan fingerprint density at radius 2 is 1.10 bits per heavy atom. The van der Waals surface area contributed by atoms with Gasteiger partial charge in [-0.05, 0) is 57.8 Å². The fourth-order valence-corrected chi connectivity index (χ4v) is 6.43. The van der Waals surface area contributed by atoms with Crippen LogP contribution in [-0.4, -0.2) is 142 Å². The minimum Gasteiger partial charge on any atom is -0.457 e. The van der Waals surface area contributed by atoms with Crippen LogP contribution in [0, 0.1) is 0 Å². The molecule has 2 saturated heterocycles. The van der Waals surface area contributed by atoms with Crippen molar-refractivity contribution in [3.63, 3.8) is 0 Å². The SMILES string of the molecule is CC/C=C\C/C=C\C/C=C\C/C=C\C/C=C\CCCCCC(=O)OC(COCCCCCCCC)COC1OC(COC2OC(CO)C(O)C(O)C2O)C(O)C(O)C1O. The third-order valence-electron chi connectivity index (χ3n) is 10.0. The summed E-state index contributed by atoms with van der Waals surface area (Å²) < 4.78 is 33.9. The number of rotatable bonds is 32. The Kier molecular flexibility index (Phi) is 29.8. The molecular weight excluding hydrogens is 764 g/mol. The van der Waals surface area contributed by atoms with Crippen LogP contribution in [0.5, 0.6) is 0 Å². The quantitative estimate of drug-likeness (QED) is 0.0280. The van der Waals surface area contributed by atoms with Crippen molar-refractivity contribution in [3.8, 4) is 0 Å². The summed E-state index contributed by atoms with van der Waals surface area (Å²) in [5.74, 6) is -0.414. The first-order chi connectivity index (χ1) is 28.6. The average Bonchev–Trinajstić information content (AvgIpc) is 3.23. The minimum atomic E-state index is -1.71. The molecule has 0 amide bonds. The summed E-state index contributed by atoms with van der Waals surface area (Å²) in [5.41, 5.74) is 0. The van der Waals surface area contributed by atoms with Crippen molar-refractivity contribution in [1.82, 2.24) is 0 Å².